The summed E-state index contributed by atoms with van der Waals surface area (Å²) in [5.74, 6) is 0.297. The van der Waals surface area contributed by atoms with Crippen LogP contribution in [0.3, 0.4) is 0 Å². The van der Waals surface area contributed by atoms with Gasteiger partial charge >= 0.3 is 0 Å². The van der Waals surface area contributed by atoms with E-state index in [0.29, 0.717) is 12.6 Å². The van der Waals surface area contributed by atoms with Crippen molar-refractivity contribution in [3.63, 3.8) is 0 Å². The fraction of sp³-hybridized carbons (Fsp3) is 0.917. The third kappa shape index (κ3) is 4.49. The molecule has 4 heteroatoms. The standard InChI is InChI=1S/C12H25N3O/c1-10(4-3-7-13)12(16)14-11-5-8-15(2)9-6-11/h10-11H,3-9,13H2,1-2H3,(H,14,16). The number of nitrogens with two attached hydrogens (primary N) is 1. The molecule has 0 aliphatic carbocycles. The number of carbonyl (C=O) groups is 1. The molecule has 94 valence electrons. The van der Waals surface area contributed by atoms with Gasteiger partial charge in [-0.05, 0) is 52.4 Å². The van der Waals surface area contributed by atoms with Crippen LogP contribution in [0, 0.1) is 5.92 Å². The maximum absolute atomic E-state index is 11.8. The molecule has 1 heterocycles. The van der Waals surface area contributed by atoms with Crippen LogP contribution in [0.25, 0.3) is 0 Å². The van der Waals surface area contributed by atoms with Crippen molar-refractivity contribution in [3.8, 4) is 0 Å². The van der Waals surface area contributed by atoms with Crippen molar-refractivity contribution in [3.05, 3.63) is 0 Å². The third-order valence-corrected chi connectivity index (χ3v) is 3.35. The maximum Gasteiger partial charge on any atom is 0.223 e. The van der Waals surface area contributed by atoms with Crippen LogP contribution in [0.4, 0.5) is 0 Å². The van der Waals surface area contributed by atoms with Gasteiger partial charge in [0.2, 0.25) is 5.91 Å². The Bertz CT molecular complexity index is 212. The fourth-order valence-corrected chi connectivity index (χ4v) is 2.05. The molecule has 0 aromatic carbocycles. The van der Waals surface area contributed by atoms with E-state index in [4.69, 9.17) is 5.73 Å². The van der Waals surface area contributed by atoms with Gasteiger partial charge in [-0.1, -0.05) is 6.92 Å². The number of hydrogen-bond acceptors (Lipinski definition) is 3. The maximum atomic E-state index is 11.8. The molecule has 1 aliphatic rings. The first-order chi connectivity index (χ1) is 7.63. The van der Waals surface area contributed by atoms with Crippen LogP contribution >= 0.6 is 0 Å². The number of likely N-dealkylation sites (tertiary alicyclic amines) is 1. The Morgan fingerprint density at radius 1 is 1.50 bits per heavy atom. The van der Waals surface area contributed by atoms with Crippen molar-refractivity contribution in [2.75, 3.05) is 26.7 Å². The van der Waals surface area contributed by atoms with Crippen LogP contribution < -0.4 is 11.1 Å². The summed E-state index contributed by atoms with van der Waals surface area (Å²) in [5.41, 5.74) is 5.44. The molecule has 1 rings (SSSR count). The van der Waals surface area contributed by atoms with Crippen molar-refractivity contribution in [1.82, 2.24) is 10.2 Å². The van der Waals surface area contributed by atoms with Crippen LogP contribution in [0.2, 0.25) is 0 Å². The normalized spacial score (nSPS) is 20.7. The molecule has 0 spiro atoms. The Morgan fingerprint density at radius 3 is 2.69 bits per heavy atom. The van der Waals surface area contributed by atoms with Gasteiger partial charge in [0.15, 0.2) is 0 Å². The average Bonchev–Trinajstić information content (AvgIpc) is 2.29. The topological polar surface area (TPSA) is 58.4 Å². The number of carbonyl (C=O) groups excluding carboxylic acids is 1. The van der Waals surface area contributed by atoms with Gasteiger partial charge in [-0.25, -0.2) is 0 Å². The third-order valence-electron chi connectivity index (χ3n) is 3.35. The van der Waals surface area contributed by atoms with Gasteiger partial charge in [-0.2, -0.15) is 0 Å². The summed E-state index contributed by atoms with van der Waals surface area (Å²) >= 11 is 0. The monoisotopic (exact) mass is 227 g/mol. The molecule has 0 radical (unpaired) electrons. The van der Waals surface area contributed by atoms with Gasteiger partial charge in [0, 0.05) is 12.0 Å². The van der Waals surface area contributed by atoms with Crippen LogP contribution in [-0.2, 0) is 4.79 Å². The van der Waals surface area contributed by atoms with Crippen LogP contribution in [-0.4, -0.2) is 43.5 Å². The van der Waals surface area contributed by atoms with Crippen LogP contribution in [0.5, 0.6) is 0 Å². The van der Waals surface area contributed by atoms with E-state index in [1.165, 1.54) is 0 Å². The summed E-state index contributed by atoms with van der Waals surface area (Å²) in [6.07, 6.45) is 3.98. The molecule has 4 nitrogen and oxygen atoms in total. The van der Waals surface area contributed by atoms with E-state index in [0.717, 1.165) is 38.8 Å². The van der Waals surface area contributed by atoms with Crippen molar-refractivity contribution < 1.29 is 4.79 Å². The van der Waals surface area contributed by atoms with E-state index in [2.05, 4.69) is 17.3 Å². The molecule has 1 aliphatic heterocycles. The average molecular weight is 227 g/mol. The van der Waals surface area contributed by atoms with Gasteiger partial charge < -0.3 is 16.0 Å². The molecule has 1 atom stereocenters. The minimum Gasteiger partial charge on any atom is -0.353 e. The van der Waals surface area contributed by atoms with Crippen LogP contribution in [0.15, 0.2) is 0 Å². The zero-order valence-corrected chi connectivity index (χ0v) is 10.5. The molecule has 0 aromatic rings. The van der Waals surface area contributed by atoms with E-state index in [1.54, 1.807) is 0 Å². The summed E-state index contributed by atoms with van der Waals surface area (Å²) in [4.78, 5) is 14.1. The highest BCUT2D eigenvalue weighted by Gasteiger charge is 2.20. The molecule has 1 saturated heterocycles. The Kier molecular flexibility index (Phi) is 5.77. The van der Waals surface area contributed by atoms with Crippen LogP contribution in [0.1, 0.15) is 32.6 Å². The number of amides is 1. The molecule has 1 amide bonds. The van der Waals surface area contributed by atoms with E-state index in [1.807, 2.05) is 6.92 Å². The second kappa shape index (κ2) is 6.86. The first kappa shape index (κ1) is 13.5. The van der Waals surface area contributed by atoms with E-state index in [9.17, 15) is 4.79 Å². The lowest BCUT2D eigenvalue weighted by molar-refractivity contribution is -0.125. The number of rotatable bonds is 5. The Balaban J connectivity index is 2.22. The van der Waals surface area contributed by atoms with Gasteiger partial charge in [0.25, 0.3) is 0 Å². The van der Waals surface area contributed by atoms with Gasteiger partial charge in [-0.3, -0.25) is 4.79 Å². The van der Waals surface area contributed by atoms with Gasteiger partial charge in [0.1, 0.15) is 0 Å². The fourth-order valence-electron chi connectivity index (χ4n) is 2.05. The number of nitrogens with one attached hydrogen (secondary N) is 1. The minimum atomic E-state index is 0.100. The quantitative estimate of drug-likeness (QED) is 0.722. The number of piperidine rings is 1. The summed E-state index contributed by atoms with van der Waals surface area (Å²) < 4.78 is 0. The van der Waals surface area contributed by atoms with Crippen molar-refractivity contribution in [1.29, 1.82) is 0 Å². The first-order valence-corrected chi connectivity index (χ1v) is 6.32. The van der Waals surface area contributed by atoms with Gasteiger partial charge in [0.05, 0.1) is 0 Å². The lowest BCUT2D eigenvalue weighted by atomic mass is 10.0. The second-order valence-electron chi connectivity index (χ2n) is 4.92. The second-order valence-corrected chi connectivity index (χ2v) is 4.92. The largest absolute Gasteiger partial charge is 0.353 e. The smallest absolute Gasteiger partial charge is 0.223 e. The molecule has 1 unspecified atom stereocenters. The molecule has 0 saturated carbocycles. The van der Waals surface area contributed by atoms with Crippen molar-refractivity contribution >= 4 is 5.91 Å². The first-order valence-electron chi connectivity index (χ1n) is 6.32. The minimum absolute atomic E-state index is 0.100. The van der Waals surface area contributed by atoms with Crippen molar-refractivity contribution in [2.45, 2.75) is 38.6 Å². The molecule has 0 aromatic heterocycles. The molecule has 1 fully saturated rings. The van der Waals surface area contributed by atoms with E-state index in [-0.39, 0.29) is 11.8 Å². The Labute approximate surface area is 98.6 Å². The predicted octanol–water partition coefficient (Wildman–Crippen LogP) is 0.572. The zero-order valence-electron chi connectivity index (χ0n) is 10.5. The molecule has 16 heavy (non-hydrogen) atoms. The number of nitrogens with zero attached hydrogens (tertiary/aromatic N) is 1. The highest BCUT2D eigenvalue weighted by molar-refractivity contribution is 5.78. The van der Waals surface area contributed by atoms with E-state index >= 15 is 0 Å². The molecular formula is C12H25N3O. The zero-order chi connectivity index (χ0) is 12.0. The molecular weight excluding hydrogens is 202 g/mol. The summed E-state index contributed by atoms with van der Waals surface area (Å²) in [7, 11) is 2.13. The highest BCUT2D eigenvalue weighted by Crippen LogP contribution is 2.11. The SMILES string of the molecule is CC(CCCN)C(=O)NC1CCN(C)CC1. The van der Waals surface area contributed by atoms with E-state index < -0.39 is 0 Å². The summed E-state index contributed by atoms with van der Waals surface area (Å²) in [6.45, 7) is 4.83. The van der Waals surface area contributed by atoms with Gasteiger partial charge in [-0.15, -0.1) is 0 Å². The summed E-state index contributed by atoms with van der Waals surface area (Å²) in [6, 6.07) is 0.379. The highest BCUT2D eigenvalue weighted by atomic mass is 16.1. The lowest BCUT2D eigenvalue weighted by Crippen LogP contribution is -2.45. The Morgan fingerprint density at radius 2 is 2.12 bits per heavy atom. The Hall–Kier alpha value is -0.610. The molecule has 3 N–H and O–H groups in total. The lowest BCUT2D eigenvalue weighted by Gasteiger charge is -2.30. The van der Waals surface area contributed by atoms with Crippen molar-refractivity contribution in [2.24, 2.45) is 11.7 Å². The summed E-state index contributed by atoms with van der Waals surface area (Å²) in [5, 5.41) is 3.14. The molecule has 0 bridgehead atoms. The number of hydrogen-bond donors (Lipinski definition) is 2. The predicted molar refractivity (Wildman–Crippen MR) is 66.1 cm³/mol.